The van der Waals surface area contributed by atoms with Crippen LogP contribution in [0, 0.1) is 5.82 Å². The second-order valence-corrected chi connectivity index (χ2v) is 4.85. The third-order valence-electron chi connectivity index (χ3n) is 3.27. The number of halogens is 4. The minimum Gasteiger partial charge on any atom is -0.403 e. The van der Waals surface area contributed by atoms with Crippen LogP contribution in [0.25, 0.3) is 0 Å². The van der Waals surface area contributed by atoms with Gasteiger partial charge in [-0.3, -0.25) is 0 Å². The molecule has 0 spiro atoms. The molecule has 2 rings (SSSR count). The highest BCUT2D eigenvalue weighted by molar-refractivity contribution is 5.31. The second kappa shape index (κ2) is 5.99. The van der Waals surface area contributed by atoms with Crippen molar-refractivity contribution in [1.82, 2.24) is 0 Å². The van der Waals surface area contributed by atoms with Gasteiger partial charge in [0.25, 0.3) is 0 Å². The first-order valence-corrected chi connectivity index (χ1v) is 6.59. The third kappa shape index (κ3) is 3.85. The molecule has 2 atom stereocenters. The number of hydrogen-bond donors (Lipinski definition) is 0. The molecule has 0 aromatic heterocycles. The fourth-order valence-corrected chi connectivity index (χ4v) is 2.41. The Bertz CT molecular complexity index is 459. The minimum absolute atomic E-state index is 0.152. The van der Waals surface area contributed by atoms with Crippen LogP contribution < -0.4 is 4.74 Å². The molecule has 2 unspecified atom stereocenters. The van der Waals surface area contributed by atoms with Gasteiger partial charge in [0.15, 0.2) is 11.6 Å². The van der Waals surface area contributed by atoms with Crippen LogP contribution in [-0.4, -0.2) is 12.5 Å². The first kappa shape index (κ1) is 15.1. The maximum absolute atomic E-state index is 13.6. The van der Waals surface area contributed by atoms with Crippen molar-refractivity contribution in [3.05, 3.63) is 29.6 Å². The lowest BCUT2D eigenvalue weighted by Gasteiger charge is -2.15. The van der Waals surface area contributed by atoms with E-state index in [1.165, 1.54) is 6.07 Å². The minimum atomic E-state index is -4.89. The SMILES string of the molecule is CCCC1CCC(c2ccc(OC(F)(F)F)c(F)c2)O1. The van der Waals surface area contributed by atoms with E-state index in [4.69, 9.17) is 4.74 Å². The molecule has 1 saturated heterocycles. The van der Waals surface area contributed by atoms with Crippen LogP contribution in [-0.2, 0) is 4.74 Å². The molecular formula is C14H16F4O2. The van der Waals surface area contributed by atoms with Crippen molar-refractivity contribution in [1.29, 1.82) is 0 Å². The predicted molar refractivity (Wildman–Crippen MR) is 64.8 cm³/mol. The Morgan fingerprint density at radius 3 is 2.65 bits per heavy atom. The van der Waals surface area contributed by atoms with Gasteiger partial charge in [-0.25, -0.2) is 4.39 Å². The molecule has 0 bridgehead atoms. The van der Waals surface area contributed by atoms with E-state index in [9.17, 15) is 17.6 Å². The van der Waals surface area contributed by atoms with Crippen molar-refractivity contribution in [2.75, 3.05) is 0 Å². The van der Waals surface area contributed by atoms with Crippen molar-refractivity contribution in [3.8, 4) is 5.75 Å². The molecular weight excluding hydrogens is 276 g/mol. The van der Waals surface area contributed by atoms with Crippen LogP contribution in [0.5, 0.6) is 5.75 Å². The number of rotatable bonds is 4. The molecule has 1 heterocycles. The van der Waals surface area contributed by atoms with Gasteiger partial charge in [-0.2, -0.15) is 0 Å². The van der Waals surface area contributed by atoms with Crippen LogP contribution in [0.1, 0.15) is 44.3 Å². The van der Waals surface area contributed by atoms with Gasteiger partial charge in [0.05, 0.1) is 12.2 Å². The first-order valence-electron chi connectivity index (χ1n) is 6.59. The zero-order valence-electron chi connectivity index (χ0n) is 11.0. The normalized spacial score (nSPS) is 23.1. The van der Waals surface area contributed by atoms with Crippen molar-refractivity contribution >= 4 is 0 Å². The quantitative estimate of drug-likeness (QED) is 0.746. The third-order valence-corrected chi connectivity index (χ3v) is 3.27. The van der Waals surface area contributed by atoms with Gasteiger partial charge in [0, 0.05) is 0 Å². The first-order chi connectivity index (χ1) is 9.39. The summed E-state index contributed by atoms with van der Waals surface area (Å²) in [4.78, 5) is 0. The fourth-order valence-electron chi connectivity index (χ4n) is 2.41. The second-order valence-electron chi connectivity index (χ2n) is 4.85. The molecule has 1 aliphatic rings. The summed E-state index contributed by atoms with van der Waals surface area (Å²) < 4.78 is 59.1. The van der Waals surface area contributed by atoms with Gasteiger partial charge in [0.1, 0.15) is 0 Å². The largest absolute Gasteiger partial charge is 0.573 e. The number of benzene rings is 1. The molecule has 1 aromatic rings. The van der Waals surface area contributed by atoms with E-state index < -0.39 is 17.9 Å². The van der Waals surface area contributed by atoms with Crippen LogP contribution in [0.2, 0.25) is 0 Å². The van der Waals surface area contributed by atoms with Gasteiger partial charge >= 0.3 is 6.36 Å². The Balaban J connectivity index is 2.06. The average molecular weight is 292 g/mol. The molecule has 0 radical (unpaired) electrons. The topological polar surface area (TPSA) is 18.5 Å². The Hall–Kier alpha value is -1.30. The van der Waals surface area contributed by atoms with Crippen molar-refractivity contribution in [2.45, 2.75) is 51.2 Å². The summed E-state index contributed by atoms with van der Waals surface area (Å²) in [6, 6.07) is 3.47. The molecule has 0 amide bonds. The van der Waals surface area contributed by atoms with Gasteiger partial charge in [-0.15, -0.1) is 13.2 Å². The van der Waals surface area contributed by atoms with Crippen molar-refractivity contribution in [2.24, 2.45) is 0 Å². The molecule has 20 heavy (non-hydrogen) atoms. The Morgan fingerprint density at radius 2 is 2.05 bits per heavy atom. The lowest BCUT2D eigenvalue weighted by atomic mass is 10.0. The van der Waals surface area contributed by atoms with E-state index >= 15 is 0 Å². The summed E-state index contributed by atoms with van der Waals surface area (Å²) in [6.07, 6.45) is -1.40. The molecule has 0 saturated carbocycles. The van der Waals surface area contributed by atoms with Crippen molar-refractivity contribution < 1.29 is 27.0 Å². The average Bonchev–Trinajstić information content (AvgIpc) is 2.79. The maximum Gasteiger partial charge on any atom is 0.573 e. The smallest absolute Gasteiger partial charge is 0.403 e. The molecule has 0 aliphatic carbocycles. The summed E-state index contributed by atoms with van der Waals surface area (Å²) in [5.41, 5.74) is 0.552. The van der Waals surface area contributed by atoms with Gasteiger partial charge in [0.2, 0.25) is 0 Å². The molecule has 1 aromatic carbocycles. The molecule has 1 aliphatic heterocycles. The van der Waals surface area contributed by atoms with E-state index in [0.29, 0.717) is 5.56 Å². The predicted octanol–water partition coefficient (Wildman–Crippen LogP) is 4.74. The van der Waals surface area contributed by atoms with Crippen molar-refractivity contribution in [3.63, 3.8) is 0 Å². The van der Waals surface area contributed by atoms with Crippen LogP contribution in [0.15, 0.2) is 18.2 Å². The molecule has 0 N–H and O–H groups in total. The molecule has 112 valence electrons. The lowest BCUT2D eigenvalue weighted by Crippen LogP contribution is -2.18. The molecule has 1 fully saturated rings. The van der Waals surface area contributed by atoms with Gasteiger partial charge in [-0.1, -0.05) is 19.4 Å². The highest BCUT2D eigenvalue weighted by atomic mass is 19.4. The Morgan fingerprint density at radius 1 is 1.30 bits per heavy atom. The summed E-state index contributed by atoms with van der Waals surface area (Å²) in [7, 11) is 0. The highest BCUT2D eigenvalue weighted by Crippen LogP contribution is 2.36. The van der Waals surface area contributed by atoms with Gasteiger partial charge in [-0.05, 0) is 37.0 Å². The van der Waals surface area contributed by atoms with Crippen LogP contribution in [0.4, 0.5) is 17.6 Å². The monoisotopic (exact) mass is 292 g/mol. The van der Waals surface area contributed by atoms with Crippen LogP contribution in [0.3, 0.4) is 0 Å². The fraction of sp³-hybridized carbons (Fsp3) is 0.571. The lowest BCUT2D eigenvalue weighted by molar-refractivity contribution is -0.275. The standard InChI is InChI=1S/C14H16F4O2/c1-2-3-10-5-7-12(19-10)9-4-6-13(11(15)8-9)20-14(16,17)18/h4,6,8,10,12H,2-3,5,7H2,1H3. The summed E-state index contributed by atoms with van der Waals surface area (Å²) in [5.74, 6) is -1.84. The summed E-state index contributed by atoms with van der Waals surface area (Å²) in [5, 5.41) is 0. The highest BCUT2D eigenvalue weighted by Gasteiger charge is 2.33. The van der Waals surface area contributed by atoms with E-state index in [-0.39, 0.29) is 12.2 Å². The number of alkyl halides is 3. The maximum atomic E-state index is 13.6. The number of ether oxygens (including phenoxy) is 2. The van der Waals surface area contributed by atoms with E-state index in [1.54, 1.807) is 0 Å². The zero-order valence-corrected chi connectivity index (χ0v) is 11.0. The van der Waals surface area contributed by atoms with Gasteiger partial charge < -0.3 is 9.47 Å². The summed E-state index contributed by atoms with van der Waals surface area (Å²) >= 11 is 0. The van der Waals surface area contributed by atoms with Crippen LogP contribution >= 0.6 is 0 Å². The molecule has 6 heteroatoms. The van der Waals surface area contributed by atoms with E-state index in [2.05, 4.69) is 11.7 Å². The zero-order chi connectivity index (χ0) is 14.8. The van der Waals surface area contributed by atoms with E-state index in [1.807, 2.05) is 0 Å². The number of hydrogen-bond acceptors (Lipinski definition) is 2. The van der Waals surface area contributed by atoms with E-state index in [0.717, 1.165) is 37.8 Å². The Kier molecular flexibility index (Phi) is 4.52. The Labute approximate surface area is 114 Å². The summed E-state index contributed by atoms with van der Waals surface area (Å²) in [6.45, 7) is 2.06. The molecule has 2 nitrogen and oxygen atoms in total.